The van der Waals surface area contributed by atoms with Crippen molar-refractivity contribution < 1.29 is 14.3 Å². The van der Waals surface area contributed by atoms with E-state index in [-0.39, 0.29) is 5.78 Å². The Morgan fingerprint density at radius 3 is 3.00 bits per heavy atom. The van der Waals surface area contributed by atoms with Crippen LogP contribution >= 0.6 is 0 Å². The Hall–Kier alpha value is -1.51. The van der Waals surface area contributed by atoms with Crippen molar-refractivity contribution in [2.75, 3.05) is 0 Å². The van der Waals surface area contributed by atoms with Crippen LogP contribution in [0.15, 0.2) is 35.3 Å². The summed E-state index contributed by atoms with van der Waals surface area (Å²) < 4.78 is 4.65. The molecule has 1 aromatic heterocycles. The molecule has 10 heavy (non-hydrogen) atoms. The second-order valence-electron chi connectivity index (χ2n) is 1.69. The van der Waals surface area contributed by atoms with E-state index in [1.165, 1.54) is 18.6 Å². The quantitative estimate of drug-likeness (QED) is 0.383. The fourth-order valence-corrected chi connectivity index (χ4v) is 0.569. The highest BCUT2D eigenvalue weighted by Gasteiger charge is 2.00. The van der Waals surface area contributed by atoms with Crippen LogP contribution in [0.2, 0.25) is 0 Å². The van der Waals surface area contributed by atoms with Crippen LogP contribution in [0.1, 0.15) is 10.4 Å². The normalized spacial score (nSPS) is 10.4. The number of aliphatic hydroxyl groups is 1. The molecule has 1 heterocycles. The second kappa shape index (κ2) is 2.87. The van der Waals surface area contributed by atoms with E-state index in [1.54, 1.807) is 0 Å². The van der Waals surface area contributed by atoms with Crippen LogP contribution in [0.5, 0.6) is 0 Å². The Bertz CT molecular complexity index is 233. The van der Waals surface area contributed by atoms with Gasteiger partial charge in [-0.15, -0.1) is 0 Å². The number of hydrogen-bond acceptors (Lipinski definition) is 3. The van der Waals surface area contributed by atoms with Crippen LogP contribution in [0.3, 0.4) is 0 Å². The fourth-order valence-electron chi connectivity index (χ4n) is 0.569. The summed E-state index contributed by atoms with van der Waals surface area (Å²) in [5, 5.41) is 8.20. The number of carbonyl (C=O) groups excluding carboxylic acids is 1. The molecular weight excluding hydrogens is 132 g/mol. The van der Waals surface area contributed by atoms with E-state index in [9.17, 15) is 4.79 Å². The van der Waals surface area contributed by atoms with Crippen molar-refractivity contribution in [3.63, 3.8) is 0 Å². The summed E-state index contributed by atoms with van der Waals surface area (Å²) in [5.74, 6) is -0.267. The lowest BCUT2D eigenvalue weighted by Crippen LogP contribution is -1.89. The molecule has 0 spiro atoms. The molecular formula is C7H6O3. The number of furan rings is 1. The minimum atomic E-state index is -0.267. The maximum Gasteiger partial charge on any atom is 0.192 e. The summed E-state index contributed by atoms with van der Waals surface area (Å²) >= 11 is 0. The van der Waals surface area contributed by atoms with E-state index in [4.69, 9.17) is 5.11 Å². The lowest BCUT2D eigenvalue weighted by Gasteiger charge is -1.82. The van der Waals surface area contributed by atoms with Gasteiger partial charge in [0.1, 0.15) is 6.26 Å². The van der Waals surface area contributed by atoms with Gasteiger partial charge in [-0.05, 0) is 6.07 Å². The molecule has 1 N–H and O–H groups in total. The molecule has 3 nitrogen and oxygen atoms in total. The van der Waals surface area contributed by atoms with Crippen LogP contribution in [-0.4, -0.2) is 10.9 Å². The van der Waals surface area contributed by atoms with Crippen molar-refractivity contribution in [3.05, 3.63) is 36.5 Å². The Kier molecular flexibility index (Phi) is 1.89. The third-order valence-corrected chi connectivity index (χ3v) is 1.03. The summed E-state index contributed by atoms with van der Waals surface area (Å²) in [6, 6.07) is 1.53. The third-order valence-electron chi connectivity index (χ3n) is 1.03. The summed E-state index contributed by atoms with van der Waals surface area (Å²) in [5.41, 5.74) is 0.435. The van der Waals surface area contributed by atoms with Crippen LogP contribution in [-0.2, 0) is 0 Å². The molecule has 0 saturated heterocycles. The predicted octanol–water partition coefficient (Wildman–Crippen LogP) is 1.53. The molecule has 1 aromatic rings. The average molecular weight is 138 g/mol. The molecule has 52 valence electrons. The van der Waals surface area contributed by atoms with Gasteiger partial charge in [-0.25, -0.2) is 0 Å². The molecule has 0 atom stereocenters. The SMILES string of the molecule is O=C(/C=C/O)c1ccoc1. The lowest BCUT2D eigenvalue weighted by molar-refractivity contribution is 0.104. The zero-order valence-electron chi connectivity index (χ0n) is 5.15. The van der Waals surface area contributed by atoms with E-state index < -0.39 is 0 Å². The molecule has 0 unspecified atom stereocenters. The molecule has 3 heteroatoms. The largest absolute Gasteiger partial charge is 0.515 e. The van der Waals surface area contributed by atoms with Crippen molar-refractivity contribution in [1.29, 1.82) is 0 Å². The van der Waals surface area contributed by atoms with Crippen LogP contribution < -0.4 is 0 Å². The van der Waals surface area contributed by atoms with Crippen molar-refractivity contribution >= 4 is 5.78 Å². The smallest absolute Gasteiger partial charge is 0.192 e. The summed E-state index contributed by atoms with van der Waals surface area (Å²) in [7, 11) is 0. The second-order valence-corrected chi connectivity index (χ2v) is 1.69. The molecule has 1 rings (SSSR count). The average Bonchev–Trinajstić information content (AvgIpc) is 2.38. The molecule has 0 amide bonds. The van der Waals surface area contributed by atoms with Crippen LogP contribution in [0, 0.1) is 0 Å². The van der Waals surface area contributed by atoms with Gasteiger partial charge in [-0.1, -0.05) is 0 Å². The Balaban J connectivity index is 2.78. The van der Waals surface area contributed by atoms with Gasteiger partial charge in [0.15, 0.2) is 5.78 Å². The molecule has 0 bridgehead atoms. The Morgan fingerprint density at radius 2 is 2.50 bits per heavy atom. The summed E-state index contributed by atoms with van der Waals surface area (Å²) in [6.45, 7) is 0. The first kappa shape index (κ1) is 6.61. The predicted molar refractivity (Wildman–Crippen MR) is 34.8 cm³/mol. The zero-order valence-corrected chi connectivity index (χ0v) is 5.15. The highest BCUT2D eigenvalue weighted by atomic mass is 16.3. The Labute approximate surface area is 57.6 Å². The first-order valence-electron chi connectivity index (χ1n) is 2.72. The van der Waals surface area contributed by atoms with Gasteiger partial charge in [0.05, 0.1) is 18.1 Å². The maximum atomic E-state index is 10.8. The maximum absolute atomic E-state index is 10.8. The van der Waals surface area contributed by atoms with Gasteiger partial charge < -0.3 is 9.52 Å². The highest BCUT2D eigenvalue weighted by Crippen LogP contribution is 2.00. The monoisotopic (exact) mass is 138 g/mol. The van der Waals surface area contributed by atoms with E-state index in [0.717, 1.165) is 6.08 Å². The molecule has 0 aliphatic carbocycles. The van der Waals surface area contributed by atoms with Gasteiger partial charge in [0.25, 0.3) is 0 Å². The standard InChI is InChI=1S/C7H6O3/c8-3-1-7(9)6-2-4-10-5-6/h1-5,8H/b3-1+. The van der Waals surface area contributed by atoms with E-state index in [2.05, 4.69) is 4.42 Å². The van der Waals surface area contributed by atoms with Gasteiger partial charge in [0.2, 0.25) is 0 Å². The van der Waals surface area contributed by atoms with Crippen molar-refractivity contribution in [2.45, 2.75) is 0 Å². The molecule has 0 radical (unpaired) electrons. The first-order valence-corrected chi connectivity index (χ1v) is 2.72. The lowest BCUT2D eigenvalue weighted by atomic mass is 10.2. The van der Waals surface area contributed by atoms with E-state index in [0.29, 0.717) is 11.8 Å². The van der Waals surface area contributed by atoms with Gasteiger partial charge in [0, 0.05) is 6.08 Å². The van der Waals surface area contributed by atoms with Crippen molar-refractivity contribution in [1.82, 2.24) is 0 Å². The fraction of sp³-hybridized carbons (Fsp3) is 0. The number of rotatable bonds is 2. The summed E-state index contributed by atoms with van der Waals surface area (Å²) in [4.78, 5) is 10.8. The van der Waals surface area contributed by atoms with E-state index >= 15 is 0 Å². The topological polar surface area (TPSA) is 50.4 Å². The van der Waals surface area contributed by atoms with Gasteiger partial charge >= 0.3 is 0 Å². The molecule has 0 fully saturated rings. The summed E-state index contributed by atoms with van der Waals surface area (Å²) in [6.07, 6.45) is 4.49. The van der Waals surface area contributed by atoms with Gasteiger partial charge in [-0.3, -0.25) is 4.79 Å². The zero-order chi connectivity index (χ0) is 7.40. The highest BCUT2D eigenvalue weighted by molar-refractivity contribution is 6.03. The molecule has 0 aromatic carbocycles. The Morgan fingerprint density at radius 1 is 1.70 bits per heavy atom. The minimum Gasteiger partial charge on any atom is -0.515 e. The first-order chi connectivity index (χ1) is 4.84. The number of ketones is 1. The number of hydrogen-bond donors (Lipinski definition) is 1. The van der Waals surface area contributed by atoms with E-state index in [1.807, 2.05) is 0 Å². The minimum absolute atomic E-state index is 0.267. The number of aliphatic hydroxyl groups excluding tert-OH is 1. The third kappa shape index (κ3) is 1.25. The van der Waals surface area contributed by atoms with Crippen molar-refractivity contribution in [2.24, 2.45) is 0 Å². The van der Waals surface area contributed by atoms with Crippen LogP contribution in [0.25, 0.3) is 0 Å². The molecule has 0 aliphatic rings. The van der Waals surface area contributed by atoms with Crippen LogP contribution in [0.4, 0.5) is 0 Å². The van der Waals surface area contributed by atoms with Gasteiger partial charge in [-0.2, -0.15) is 0 Å². The molecule has 0 saturated carbocycles. The number of allylic oxidation sites excluding steroid dienone is 1. The molecule has 0 aliphatic heterocycles. The van der Waals surface area contributed by atoms with Crippen molar-refractivity contribution in [3.8, 4) is 0 Å². The number of carbonyl (C=O) groups is 1.